The maximum absolute atomic E-state index is 10.5. The van der Waals surface area contributed by atoms with Crippen LogP contribution in [0.3, 0.4) is 0 Å². The van der Waals surface area contributed by atoms with Crippen LogP contribution in [0.15, 0.2) is 38.1 Å². The second-order valence-corrected chi connectivity index (χ2v) is 0.929. The molecule has 0 saturated heterocycles. The predicted octanol–water partition coefficient (Wildman–Crippen LogP) is 2.93. The van der Waals surface area contributed by atoms with Crippen LogP contribution in [0.1, 0.15) is 6.92 Å². The maximum Gasteiger partial charge on any atom is 0.0829 e. The van der Waals surface area contributed by atoms with Crippen LogP contribution in [0.25, 0.3) is 0 Å². The molecule has 0 rings (SSSR count). The predicted molar refractivity (Wildman–Crippen MR) is 39.9 cm³/mol. The van der Waals surface area contributed by atoms with Gasteiger partial charge in [0.05, 0.1) is 18.9 Å². The van der Waals surface area contributed by atoms with Crippen LogP contribution in [0.5, 0.6) is 0 Å². The Morgan fingerprint density at radius 1 is 1.30 bits per heavy atom. The van der Waals surface area contributed by atoms with E-state index < -0.39 is 0 Å². The van der Waals surface area contributed by atoms with E-state index >= 15 is 0 Å². The number of hydrogen-bond donors (Lipinski definition) is 0. The van der Waals surface area contributed by atoms with Crippen molar-refractivity contribution >= 4 is 0 Å². The molecule has 60 valence electrons. The highest BCUT2D eigenvalue weighted by Gasteiger charge is 1.45. The largest absolute Gasteiger partial charge is 0.474 e. The maximum atomic E-state index is 10.5. The molecule has 0 saturated carbocycles. The van der Waals surface area contributed by atoms with E-state index in [-0.39, 0.29) is 4.70 Å². The smallest absolute Gasteiger partial charge is 0.0829 e. The first-order chi connectivity index (χ1) is 4.33. The summed E-state index contributed by atoms with van der Waals surface area (Å²) in [5.74, 6) is 0. The molecule has 0 aromatic rings. The third kappa shape index (κ3) is 67.3. The monoisotopic (exact) mass is 150 g/mol. The highest BCUT2D eigenvalue weighted by molar-refractivity contribution is 4.61. The van der Waals surface area contributed by atoms with Gasteiger partial charge in [0.25, 0.3) is 0 Å². The van der Waals surface area contributed by atoms with E-state index in [2.05, 4.69) is 17.9 Å². The number of hydrogen-bond acceptors (Lipinski definition) is 1. The van der Waals surface area contributed by atoms with E-state index in [4.69, 9.17) is 0 Å². The van der Waals surface area contributed by atoms with E-state index in [0.29, 0.717) is 6.33 Å². The fourth-order valence-corrected chi connectivity index (χ4v) is 0.0680. The Labute approximate surface area is 59.9 Å². The van der Waals surface area contributed by atoms with E-state index in [1.54, 1.807) is 6.92 Å². The summed E-state index contributed by atoms with van der Waals surface area (Å²) in [6, 6.07) is 0. The van der Waals surface area contributed by atoms with Crippen molar-refractivity contribution in [3.05, 3.63) is 38.1 Å². The van der Waals surface area contributed by atoms with E-state index in [9.17, 15) is 4.39 Å². The molecule has 0 atom stereocenters. The lowest BCUT2D eigenvalue weighted by molar-refractivity contribution is 0.406. The third-order valence-corrected chi connectivity index (χ3v) is 0.318. The van der Waals surface area contributed by atoms with Crippen molar-refractivity contribution < 1.29 is 13.8 Å². The average Bonchev–Trinajstić information content (AvgIpc) is 1.91. The summed E-state index contributed by atoms with van der Waals surface area (Å²) < 4.78 is 14.9. The molecule has 0 aliphatic carbocycles. The lowest BCUT2D eigenvalue weighted by Crippen LogP contribution is -1.52. The zero-order valence-electron chi connectivity index (χ0n) is 5.92. The molecule has 1 nitrogen and oxygen atoms in total. The molecule has 0 spiro atoms. The van der Waals surface area contributed by atoms with E-state index in [1.165, 1.54) is 18.6 Å². The van der Waals surface area contributed by atoms with Gasteiger partial charge in [0.15, 0.2) is 0 Å². The minimum atomic E-state index is 0. The Hall–Kier alpha value is -1.12. The summed E-state index contributed by atoms with van der Waals surface area (Å²) in [4.78, 5) is 0. The van der Waals surface area contributed by atoms with Gasteiger partial charge in [-0.1, -0.05) is 19.2 Å². The molecule has 0 amide bonds. The van der Waals surface area contributed by atoms with Crippen molar-refractivity contribution in [2.75, 3.05) is 0 Å². The van der Waals surface area contributed by atoms with Gasteiger partial charge in [-0.05, 0) is 6.92 Å². The molecule has 0 N–H and O–H groups in total. The SMILES string of the molecule is C=COC=C.CC=CF.F. The molecule has 0 unspecified atom stereocenters. The number of ether oxygens (including phenoxy) is 1. The van der Waals surface area contributed by atoms with E-state index in [1.807, 2.05) is 0 Å². The second kappa shape index (κ2) is 24.8. The zero-order chi connectivity index (χ0) is 7.54. The molecule has 0 bridgehead atoms. The summed E-state index contributed by atoms with van der Waals surface area (Å²) in [7, 11) is 0. The molecule has 0 aromatic carbocycles. The Bertz CT molecular complexity index is 79.6. The first kappa shape index (κ1) is 15.9. The highest BCUT2D eigenvalue weighted by Crippen LogP contribution is 1.65. The first-order valence-corrected chi connectivity index (χ1v) is 2.42. The summed E-state index contributed by atoms with van der Waals surface area (Å²) in [6.45, 7) is 8.14. The third-order valence-electron chi connectivity index (χ3n) is 0.318. The van der Waals surface area contributed by atoms with Gasteiger partial charge in [0, 0.05) is 0 Å². The van der Waals surface area contributed by atoms with Crippen molar-refractivity contribution in [3.63, 3.8) is 0 Å². The van der Waals surface area contributed by atoms with Crippen molar-refractivity contribution in [3.8, 4) is 0 Å². The highest BCUT2D eigenvalue weighted by atomic mass is 19.1. The molecular weight excluding hydrogens is 138 g/mol. The van der Waals surface area contributed by atoms with Crippen LogP contribution in [0.2, 0.25) is 0 Å². The molecule has 0 aromatic heterocycles. The normalized spacial score (nSPS) is 6.60. The van der Waals surface area contributed by atoms with Crippen LogP contribution < -0.4 is 0 Å². The number of rotatable bonds is 2. The Balaban J connectivity index is -0.0000000910. The summed E-state index contributed by atoms with van der Waals surface area (Å²) in [5.41, 5.74) is 0. The fraction of sp³-hybridized carbons (Fsp3) is 0.143. The van der Waals surface area contributed by atoms with Crippen molar-refractivity contribution in [1.29, 1.82) is 0 Å². The number of allylic oxidation sites excluding steroid dienone is 1. The lowest BCUT2D eigenvalue weighted by Gasteiger charge is -1.76. The molecule has 0 fully saturated rings. The fourth-order valence-electron chi connectivity index (χ4n) is 0.0680. The van der Waals surface area contributed by atoms with Gasteiger partial charge in [-0.15, -0.1) is 0 Å². The molecule has 3 heteroatoms. The second-order valence-electron chi connectivity index (χ2n) is 0.929. The first-order valence-electron chi connectivity index (χ1n) is 2.42. The van der Waals surface area contributed by atoms with E-state index in [0.717, 1.165) is 0 Å². The molecule has 0 aliphatic rings. The van der Waals surface area contributed by atoms with Gasteiger partial charge in [0.2, 0.25) is 0 Å². The van der Waals surface area contributed by atoms with Crippen molar-refractivity contribution in [1.82, 2.24) is 0 Å². The van der Waals surface area contributed by atoms with Crippen LogP contribution in [-0.4, -0.2) is 0 Å². The van der Waals surface area contributed by atoms with Crippen LogP contribution in [-0.2, 0) is 4.74 Å². The lowest BCUT2D eigenvalue weighted by atomic mass is 10.8. The summed E-state index contributed by atoms with van der Waals surface area (Å²) in [6.07, 6.45) is 4.46. The van der Waals surface area contributed by atoms with Gasteiger partial charge < -0.3 is 4.74 Å². The van der Waals surface area contributed by atoms with Crippen molar-refractivity contribution in [2.45, 2.75) is 6.92 Å². The molecule has 0 aliphatic heterocycles. The minimum Gasteiger partial charge on any atom is -0.474 e. The van der Waals surface area contributed by atoms with Gasteiger partial charge in [-0.25, -0.2) is 4.39 Å². The molecule has 0 radical (unpaired) electrons. The molecule has 10 heavy (non-hydrogen) atoms. The average molecular weight is 150 g/mol. The standard InChI is InChI=1S/C4H6O.C3H5F.FH/c1-3-5-4-2;1-2-3-4;/h3-4H,1-2H2;2-3H,1H3;1H. The topological polar surface area (TPSA) is 9.23 Å². The van der Waals surface area contributed by atoms with Gasteiger partial charge in [0.1, 0.15) is 0 Å². The molecular formula is C7H12F2O. The van der Waals surface area contributed by atoms with Gasteiger partial charge in [-0.3, -0.25) is 4.70 Å². The number of halogens is 2. The quantitative estimate of drug-likeness (QED) is 0.550. The Morgan fingerprint density at radius 2 is 1.60 bits per heavy atom. The van der Waals surface area contributed by atoms with Crippen LogP contribution in [0, 0.1) is 0 Å². The van der Waals surface area contributed by atoms with Crippen LogP contribution >= 0.6 is 0 Å². The van der Waals surface area contributed by atoms with Crippen LogP contribution in [0.4, 0.5) is 9.09 Å². The van der Waals surface area contributed by atoms with Gasteiger partial charge in [-0.2, -0.15) is 0 Å². The minimum absolute atomic E-state index is 0. The van der Waals surface area contributed by atoms with Crippen molar-refractivity contribution in [2.24, 2.45) is 0 Å². The zero-order valence-corrected chi connectivity index (χ0v) is 5.92. The summed E-state index contributed by atoms with van der Waals surface area (Å²) in [5, 5.41) is 0. The Kier molecular flexibility index (Phi) is 39.5. The molecule has 0 heterocycles. The summed E-state index contributed by atoms with van der Waals surface area (Å²) >= 11 is 0. The van der Waals surface area contributed by atoms with Gasteiger partial charge >= 0.3 is 0 Å². The Morgan fingerprint density at radius 3 is 1.60 bits per heavy atom.